The second-order valence-electron chi connectivity index (χ2n) is 4.07. The number of benzene rings is 1. The molecule has 0 aliphatic rings. The standard InChI is InChI=1S/C14H9Cl2NO2S/c15-9-3-1-4-10(16)12(9)14-8(7-18)13(17-19-14)11-5-2-6-20-11/h1-6,18H,7H2. The summed E-state index contributed by atoms with van der Waals surface area (Å²) in [6.07, 6.45) is 0. The summed E-state index contributed by atoms with van der Waals surface area (Å²) < 4.78 is 5.39. The molecule has 6 heteroatoms. The summed E-state index contributed by atoms with van der Waals surface area (Å²) in [6, 6.07) is 9.02. The summed E-state index contributed by atoms with van der Waals surface area (Å²) in [4.78, 5) is 0.923. The second kappa shape index (κ2) is 5.58. The molecule has 0 amide bonds. The normalized spacial score (nSPS) is 10.9. The number of rotatable bonds is 3. The average Bonchev–Trinajstić information content (AvgIpc) is 3.06. The van der Waals surface area contributed by atoms with Gasteiger partial charge in [-0.25, -0.2) is 0 Å². The van der Waals surface area contributed by atoms with Gasteiger partial charge in [-0.1, -0.05) is 40.5 Å². The van der Waals surface area contributed by atoms with Crippen LogP contribution in [0, 0.1) is 0 Å². The predicted octanol–water partition coefficient (Wildman–Crippen LogP) is 4.87. The van der Waals surface area contributed by atoms with Crippen LogP contribution in [0.3, 0.4) is 0 Å². The first-order chi connectivity index (χ1) is 9.72. The van der Waals surface area contributed by atoms with E-state index in [0.29, 0.717) is 32.6 Å². The van der Waals surface area contributed by atoms with Crippen molar-refractivity contribution >= 4 is 34.5 Å². The molecular formula is C14H9Cl2NO2S. The van der Waals surface area contributed by atoms with Crippen LogP contribution in [0.5, 0.6) is 0 Å². The van der Waals surface area contributed by atoms with Gasteiger partial charge < -0.3 is 9.63 Å². The number of aliphatic hydroxyl groups is 1. The molecule has 1 N–H and O–H groups in total. The first-order valence-corrected chi connectivity index (χ1v) is 7.43. The minimum absolute atomic E-state index is 0.201. The lowest BCUT2D eigenvalue weighted by atomic mass is 10.1. The molecule has 0 saturated heterocycles. The van der Waals surface area contributed by atoms with Crippen molar-refractivity contribution in [3.63, 3.8) is 0 Å². The van der Waals surface area contributed by atoms with Gasteiger partial charge in [-0.2, -0.15) is 0 Å². The van der Waals surface area contributed by atoms with Crippen molar-refractivity contribution in [3.8, 4) is 21.9 Å². The van der Waals surface area contributed by atoms with Crippen LogP contribution in [0.2, 0.25) is 10.0 Å². The van der Waals surface area contributed by atoms with Crippen molar-refractivity contribution in [1.29, 1.82) is 0 Å². The molecule has 20 heavy (non-hydrogen) atoms. The van der Waals surface area contributed by atoms with Gasteiger partial charge >= 0.3 is 0 Å². The highest BCUT2D eigenvalue weighted by Crippen LogP contribution is 2.40. The van der Waals surface area contributed by atoms with E-state index in [1.807, 2.05) is 17.5 Å². The van der Waals surface area contributed by atoms with Crippen LogP contribution in [0.25, 0.3) is 21.9 Å². The summed E-state index contributed by atoms with van der Waals surface area (Å²) >= 11 is 13.9. The molecule has 0 saturated carbocycles. The highest BCUT2D eigenvalue weighted by Gasteiger charge is 2.22. The molecule has 0 bridgehead atoms. The Hall–Kier alpha value is -1.33. The molecule has 0 spiro atoms. The Balaban J connectivity index is 2.21. The predicted molar refractivity (Wildman–Crippen MR) is 81.2 cm³/mol. The molecule has 2 heterocycles. The number of nitrogens with zero attached hydrogens (tertiary/aromatic N) is 1. The molecule has 0 atom stereocenters. The SMILES string of the molecule is OCc1c(-c2cccs2)noc1-c1c(Cl)cccc1Cl. The van der Waals surface area contributed by atoms with E-state index in [2.05, 4.69) is 5.16 Å². The summed E-state index contributed by atoms with van der Waals surface area (Å²) in [6.45, 7) is -0.201. The lowest BCUT2D eigenvalue weighted by Gasteiger charge is -2.04. The largest absolute Gasteiger partial charge is 0.391 e. The van der Waals surface area contributed by atoms with E-state index < -0.39 is 0 Å². The summed E-state index contributed by atoms with van der Waals surface area (Å²) in [5.41, 5.74) is 1.76. The van der Waals surface area contributed by atoms with Crippen molar-refractivity contribution < 1.29 is 9.63 Å². The second-order valence-corrected chi connectivity index (χ2v) is 5.83. The van der Waals surface area contributed by atoms with Crippen molar-refractivity contribution in [2.24, 2.45) is 0 Å². The quantitative estimate of drug-likeness (QED) is 0.747. The van der Waals surface area contributed by atoms with E-state index in [4.69, 9.17) is 27.7 Å². The number of aliphatic hydroxyl groups excluding tert-OH is 1. The molecular weight excluding hydrogens is 317 g/mol. The number of hydrogen-bond acceptors (Lipinski definition) is 4. The number of hydrogen-bond donors (Lipinski definition) is 1. The summed E-state index contributed by atoms with van der Waals surface area (Å²) in [7, 11) is 0. The maximum atomic E-state index is 9.65. The van der Waals surface area contributed by atoms with Gasteiger partial charge in [0, 0.05) is 0 Å². The van der Waals surface area contributed by atoms with Gasteiger partial charge in [0.1, 0.15) is 5.69 Å². The Labute approximate surface area is 129 Å². The fourth-order valence-electron chi connectivity index (χ4n) is 1.97. The molecule has 0 aliphatic carbocycles. The van der Waals surface area contributed by atoms with Gasteiger partial charge in [-0.05, 0) is 23.6 Å². The minimum Gasteiger partial charge on any atom is -0.391 e. The molecule has 0 aliphatic heterocycles. The van der Waals surface area contributed by atoms with Crippen molar-refractivity contribution in [2.45, 2.75) is 6.61 Å². The van der Waals surface area contributed by atoms with E-state index in [0.717, 1.165) is 4.88 Å². The zero-order chi connectivity index (χ0) is 14.1. The van der Waals surface area contributed by atoms with Gasteiger partial charge in [-0.15, -0.1) is 11.3 Å². The van der Waals surface area contributed by atoms with Crippen LogP contribution < -0.4 is 0 Å². The van der Waals surface area contributed by atoms with Crippen LogP contribution in [0.15, 0.2) is 40.2 Å². The first-order valence-electron chi connectivity index (χ1n) is 5.80. The third-order valence-electron chi connectivity index (χ3n) is 2.89. The molecule has 0 unspecified atom stereocenters. The third kappa shape index (κ3) is 2.25. The highest BCUT2D eigenvalue weighted by molar-refractivity contribution is 7.13. The first kappa shape index (κ1) is 13.6. The Morgan fingerprint density at radius 2 is 1.90 bits per heavy atom. The van der Waals surface area contributed by atoms with Gasteiger partial charge in [0.15, 0.2) is 5.76 Å². The van der Waals surface area contributed by atoms with Crippen molar-refractivity contribution in [2.75, 3.05) is 0 Å². The van der Waals surface area contributed by atoms with Crippen LogP contribution in [0.4, 0.5) is 0 Å². The van der Waals surface area contributed by atoms with Crippen LogP contribution in [-0.2, 0) is 6.61 Å². The van der Waals surface area contributed by atoms with Crippen LogP contribution >= 0.6 is 34.5 Å². The van der Waals surface area contributed by atoms with Gasteiger partial charge in [0.2, 0.25) is 0 Å². The minimum atomic E-state index is -0.201. The lowest BCUT2D eigenvalue weighted by molar-refractivity contribution is 0.281. The topological polar surface area (TPSA) is 46.3 Å². The summed E-state index contributed by atoms with van der Waals surface area (Å²) in [5, 5.41) is 16.6. The molecule has 102 valence electrons. The highest BCUT2D eigenvalue weighted by atomic mass is 35.5. The van der Waals surface area contributed by atoms with Crippen LogP contribution in [-0.4, -0.2) is 10.3 Å². The molecule has 0 fully saturated rings. The van der Waals surface area contributed by atoms with Crippen molar-refractivity contribution in [1.82, 2.24) is 5.16 Å². The smallest absolute Gasteiger partial charge is 0.176 e. The molecule has 3 nitrogen and oxygen atoms in total. The molecule has 3 rings (SSSR count). The van der Waals surface area contributed by atoms with Gasteiger partial charge in [0.25, 0.3) is 0 Å². The third-order valence-corrected chi connectivity index (χ3v) is 4.40. The van der Waals surface area contributed by atoms with E-state index >= 15 is 0 Å². The lowest BCUT2D eigenvalue weighted by Crippen LogP contribution is -1.89. The van der Waals surface area contributed by atoms with E-state index in [1.165, 1.54) is 11.3 Å². The number of aromatic nitrogens is 1. The Bertz CT molecular complexity index is 717. The fourth-order valence-corrected chi connectivity index (χ4v) is 3.28. The Morgan fingerprint density at radius 1 is 1.15 bits per heavy atom. The molecule has 3 aromatic rings. The fraction of sp³-hybridized carbons (Fsp3) is 0.0714. The van der Waals surface area contributed by atoms with E-state index in [9.17, 15) is 5.11 Å². The maximum Gasteiger partial charge on any atom is 0.176 e. The van der Waals surface area contributed by atoms with E-state index in [-0.39, 0.29) is 6.61 Å². The molecule has 1 aromatic carbocycles. The van der Waals surface area contributed by atoms with E-state index in [1.54, 1.807) is 18.2 Å². The Morgan fingerprint density at radius 3 is 2.50 bits per heavy atom. The zero-order valence-electron chi connectivity index (χ0n) is 10.1. The zero-order valence-corrected chi connectivity index (χ0v) is 12.5. The van der Waals surface area contributed by atoms with Gasteiger partial charge in [-0.3, -0.25) is 0 Å². The van der Waals surface area contributed by atoms with Crippen molar-refractivity contribution in [3.05, 3.63) is 51.3 Å². The number of thiophene rings is 1. The van der Waals surface area contributed by atoms with Gasteiger partial charge in [0.05, 0.1) is 32.7 Å². The molecule has 2 aromatic heterocycles. The average molecular weight is 326 g/mol. The van der Waals surface area contributed by atoms with Crippen LogP contribution in [0.1, 0.15) is 5.56 Å². The number of halogens is 2. The summed E-state index contributed by atoms with van der Waals surface area (Å²) in [5.74, 6) is 0.409. The Kier molecular flexibility index (Phi) is 3.81. The molecule has 0 radical (unpaired) electrons. The monoisotopic (exact) mass is 325 g/mol. The maximum absolute atomic E-state index is 9.65.